The molecule has 8 heteroatoms. The van der Waals surface area contributed by atoms with Crippen LogP contribution in [0.1, 0.15) is 5.56 Å². The number of primary sulfonamides is 1. The van der Waals surface area contributed by atoms with Crippen molar-refractivity contribution in [3.8, 4) is 22.9 Å². The minimum atomic E-state index is -3.71. The average molecular weight is 356 g/mol. The molecular weight excluding hydrogens is 344 g/mol. The van der Waals surface area contributed by atoms with Crippen LogP contribution >= 0.6 is 11.3 Å². The van der Waals surface area contributed by atoms with Gasteiger partial charge >= 0.3 is 0 Å². The zero-order valence-electron chi connectivity index (χ0n) is 12.3. The molecule has 120 valence electrons. The van der Waals surface area contributed by atoms with E-state index in [0.29, 0.717) is 11.6 Å². The van der Waals surface area contributed by atoms with Gasteiger partial charge in [0, 0.05) is 17.4 Å². The van der Waals surface area contributed by atoms with Crippen LogP contribution in [0.3, 0.4) is 0 Å². The summed E-state index contributed by atoms with van der Waals surface area (Å²) in [6.45, 7) is 0. The number of anilines is 2. The average Bonchev–Trinajstić information content (AvgIpc) is 3.03. The lowest BCUT2D eigenvalue weighted by atomic mass is 10.2. The van der Waals surface area contributed by atoms with Gasteiger partial charge in [0.2, 0.25) is 16.0 Å². The highest BCUT2D eigenvalue weighted by Gasteiger charge is 2.09. The Morgan fingerprint density at radius 2 is 1.92 bits per heavy atom. The Morgan fingerprint density at radius 1 is 1.17 bits per heavy atom. The zero-order chi connectivity index (χ0) is 17.2. The van der Waals surface area contributed by atoms with Crippen LogP contribution in [0.4, 0.5) is 11.6 Å². The van der Waals surface area contributed by atoms with Gasteiger partial charge in [-0.15, -0.1) is 17.8 Å². The van der Waals surface area contributed by atoms with Crippen molar-refractivity contribution < 1.29 is 8.42 Å². The lowest BCUT2D eigenvalue weighted by Gasteiger charge is -2.07. The number of nitrogens with zero attached hydrogens (tertiary/aromatic N) is 2. The van der Waals surface area contributed by atoms with Crippen molar-refractivity contribution in [2.75, 3.05) is 5.32 Å². The number of thiophene rings is 1. The van der Waals surface area contributed by atoms with Crippen molar-refractivity contribution in [3.63, 3.8) is 0 Å². The molecule has 2 aromatic heterocycles. The van der Waals surface area contributed by atoms with Gasteiger partial charge in [0.25, 0.3) is 0 Å². The van der Waals surface area contributed by atoms with E-state index in [2.05, 4.69) is 21.2 Å². The van der Waals surface area contributed by atoms with Crippen LogP contribution in [0.2, 0.25) is 0 Å². The maximum atomic E-state index is 11.3. The third kappa shape index (κ3) is 3.44. The van der Waals surface area contributed by atoms with Gasteiger partial charge < -0.3 is 5.32 Å². The van der Waals surface area contributed by atoms with Crippen LogP contribution in [0.25, 0.3) is 10.6 Å². The van der Waals surface area contributed by atoms with Crippen molar-refractivity contribution in [2.45, 2.75) is 4.90 Å². The molecule has 3 N–H and O–H groups in total. The minimum Gasteiger partial charge on any atom is -0.324 e. The van der Waals surface area contributed by atoms with Gasteiger partial charge in [0.1, 0.15) is 0 Å². The van der Waals surface area contributed by atoms with E-state index in [-0.39, 0.29) is 4.90 Å². The van der Waals surface area contributed by atoms with Gasteiger partial charge in [-0.3, -0.25) is 0 Å². The summed E-state index contributed by atoms with van der Waals surface area (Å²) in [6.07, 6.45) is 7.11. The fourth-order valence-corrected chi connectivity index (χ4v) is 3.37. The topological polar surface area (TPSA) is 98.0 Å². The van der Waals surface area contributed by atoms with Crippen molar-refractivity contribution in [1.29, 1.82) is 0 Å². The Balaban J connectivity index is 1.87. The van der Waals surface area contributed by atoms with E-state index in [9.17, 15) is 8.42 Å². The molecule has 6 nitrogen and oxygen atoms in total. The van der Waals surface area contributed by atoms with E-state index in [1.54, 1.807) is 24.4 Å². The SMILES string of the molecule is C#Cc1ccsc1-c1ccnc(Nc2ccc(S(N)(=O)=O)cc2)n1. The molecule has 0 fully saturated rings. The molecule has 0 radical (unpaired) electrons. The molecule has 0 aliphatic heterocycles. The van der Waals surface area contributed by atoms with Crippen molar-refractivity contribution >= 4 is 33.0 Å². The number of benzene rings is 1. The van der Waals surface area contributed by atoms with Crippen LogP contribution in [-0.2, 0) is 10.0 Å². The molecular formula is C16H12N4O2S2. The second-order valence-corrected chi connectivity index (χ2v) is 7.25. The van der Waals surface area contributed by atoms with Crippen molar-refractivity contribution in [1.82, 2.24) is 9.97 Å². The lowest BCUT2D eigenvalue weighted by Crippen LogP contribution is -2.11. The molecule has 0 bridgehead atoms. The summed E-state index contributed by atoms with van der Waals surface area (Å²) in [5, 5.41) is 10.00. The lowest BCUT2D eigenvalue weighted by molar-refractivity contribution is 0.598. The zero-order valence-corrected chi connectivity index (χ0v) is 13.9. The van der Waals surface area contributed by atoms with E-state index in [1.807, 2.05) is 11.4 Å². The molecule has 0 aliphatic carbocycles. The molecule has 0 saturated heterocycles. The second kappa shape index (κ2) is 6.41. The predicted octanol–water partition coefficient (Wildman–Crippen LogP) is 2.58. The monoisotopic (exact) mass is 356 g/mol. The second-order valence-electron chi connectivity index (χ2n) is 4.77. The first-order valence-electron chi connectivity index (χ1n) is 6.75. The Hall–Kier alpha value is -2.73. The highest BCUT2D eigenvalue weighted by molar-refractivity contribution is 7.89. The molecule has 0 aliphatic rings. The van der Waals surface area contributed by atoms with Gasteiger partial charge in [-0.2, -0.15) is 0 Å². The van der Waals surface area contributed by atoms with Crippen LogP contribution < -0.4 is 10.5 Å². The maximum absolute atomic E-state index is 11.3. The molecule has 3 aromatic rings. The first-order chi connectivity index (χ1) is 11.5. The molecule has 0 amide bonds. The molecule has 0 saturated carbocycles. The fraction of sp³-hybridized carbons (Fsp3) is 0. The fourth-order valence-electron chi connectivity index (χ4n) is 2.02. The van der Waals surface area contributed by atoms with E-state index >= 15 is 0 Å². The molecule has 0 atom stereocenters. The first-order valence-corrected chi connectivity index (χ1v) is 9.17. The molecule has 0 unspecified atom stereocenters. The number of terminal acetylenes is 1. The summed E-state index contributed by atoms with van der Waals surface area (Å²) in [6, 6.07) is 9.65. The third-order valence-corrected chi connectivity index (χ3v) is 5.01. The number of aromatic nitrogens is 2. The Bertz CT molecular complexity index is 1020. The summed E-state index contributed by atoms with van der Waals surface area (Å²) in [5.41, 5.74) is 2.14. The molecule has 0 spiro atoms. The Kier molecular flexibility index (Phi) is 4.31. The normalized spacial score (nSPS) is 11.0. The number of hydrogen-bond donors (Lipinski definition) is 2. The molecule has 3 rings (SSSR count). The number of sulfonamides is 1. The summed E-state index contributed by atoms with van der Waals surface area (Å²) in [5.74, 6) is 3.01. The first kappa shape index (κ1) is 16.1. The molecule has 1 aromatic carbocycles. The van der Waals surface area contributed by atoms with Gasteiger partial charge in [-0.1, -0.05) is 5.92 Å². The quantitative estimate of drug-likeness (QED) is 0.700. The van der Waals surface area contributed by atoms with Gasteiger partial charge in [0.15, 0.2) is 0 Å². The smallest absolute Gasteiger partial charge is 0.238 e. The van der Waals surface area contributed by atoms with E-state index < -0.39 is 10.0 Å². The van der Waals surface area contributed by atoms with Gasteiger partial charge in [-0.25, -0.2) is 23.5 Å². The highest BCUT2D eigenvalue weighted by atomic mass is 32.2. The van der Waals surface area contributed by atoms with Gasteiger partial charge in [0.05, 0.1) is 15.5 Å². The summed E-state index contributed by atoms with van der Waals surface area (Å²) in [7, 11) is -3.71. The molecule has 24 heavy (non-hydrogen) atoms. The standard InChI is InChI=1S/C16H12N4O2S2/c1-2-11-8-10-23-15(11)14-7-9-18-16(20-14)19-12-3-5-13(6-4-12)24(17,21)22/h1,3-10H,(H2,17,21,22)(H,18,19,20). The van der Waals surface area contributed by atoms with E-state index in [1.165, 1.54) is 23.5 Å². The third-order valence-electron chi connectivity index (χ3n) is 3.15. The van der Waals surface area contributed by atoms with Gasteiger partial charge in [-0.05, 0) is 41.8 Å². The summed E-state index contributed by atoms with van der Waals surface area (Å²) < 4.78 is 22.5. The summed E-state index contributed by atoms with van der Waals surface area (Å²) in [4.78, 5) is 9.54. The van der Waals surface area contributed by atoms with Crippen LogP contribution in [0.15, 0.2) is 52.9 Å². The predicted molar refractivity (Wildman–Crippen MR) is 94.4 cm³/mol. The van der Waals surface area contributed by atoms with Crippen LogP contribution in [-0.4, -0.2) is 18.4 Å². The van der Waals surface area contributed by atoms with Crippen LogP contribution in [0.5, 0.6) is 0 Å². The number of nitrogens with one attached hydrogen (secondary N) is 1. The van der Waals surface area contributed by atoms with Crippen LogP contribution in [0, 0.1) is 12.3 Å². The van der Waals surface area contributed by atoms with Crippen molar-refractivity contribution in [2.24, 2.45) is 5.14 Å². The minimum absolute atomic E-state index is 0.0416. The number of rotatable bonds is 4. The maximum Gasteiger partial charge on any atom is 0.238 e. The molecule has 2 heterocycles. The van der Waals surface area contributed by atoms with Crippen molar-refractivity contribution in [3.05, 3.63) is 53.5 Å². The summed E-state index contributed by atoms with van der Waals surface area (Å²) >= 11 is 1.51. The number of hydrogen-bond acceptors (Lipinski definition) is 6. The largest absolute Gasteiger partial charge is 0.324 e. The Labute approximate surface area is 143 Å². The highest BCUT2D eigenvalue weighted by Crippen LogP contribution is 2.28. The Morgan fingerprint density at radius 3 is 2.58 bits per heavy atom. The van der Waals surface area contributed by atoms with E-state index in [0.717, 1.165) is 16.1 Å². The van der Waals surface area contributed by atoms with E-state index in [4.69, 9.17) is 11.6 Å². The number of nitrogens with two attached hydrogens (primary N) is 1.